The molecule has 2 rings (SSSR count). The number of hydrogen-bond acceptors (Lipinski definition) is 3. The molecule has 4 heteroatoms. The van der Waals surface area contributed by atoms with E-state index in [0.29, 0.717) is 18.9 Å². The van der Waals surface area contributed by atoms with Crippen LogP contribution in [0.4, 0.5) is 5.82 Å². The molecule has 0 radical (unpaired) electrons. The van der Waals surface area contributed by atoms with Crippen LogP contribution in [-0.4, -0.2) is 22.7 Å². The predicted octanol–water partition coefficient (Wildman–Crippen LogP) is 2.24. The summed E-state index contributed by atoms with van der Waals surface area (Å²) in [6, 6.07) is 5.83. The van der Waals surface area contributed by atoms with Crippen LogP contribution in [0.1, 0.15) is 31.9 Å². The Morgan fingerprint density at radius 3 is 2.81 bits per heavy atom. The lowest BCUT2D eigenvalue weighted by Gasteiger charge is -2.16. The number of anilines is 1. The molecule has 1 unspecified atom stereocenters. The molecular weight excluding hydrogens is 220 g/mol. The highest BCUT2D eigenvalue weighted by Crippen LogP contribution is 2.23. The van der Waals surface area contributed by atoms with Crippen LogP contribution in [0.3, 0.4) is 0 Å². The van der Waals surface area contributed by atoms with E-state index in [1.54, 1.807) is 4.90 Å². The maximum absolute atomic E-state index is 11.7. The summed E-state index contributed by atoms with van der Waals surface area (Å²) in [5.74, 6) is 1.26. The number of aromatic nitrogens is 1. The fourth-order valence-corrected chi connectivity index (χ4v) is 2.14. The summed E-state index contributed by atoms with van der Waals surface area (Å²) in [7, 11) is 0. The number of hydrogen-bond donors (Lipinski definition) is 1. The first-order valence-corrected chi connectivity index (χ1v) is 6.05. The van der Waals surface area contributed by atoms with Gasteiger partial charge in [-0.3, -0.25) is 9.69 Å². The normalized spacial score (nSPS) is 20.9. The maximum atomic E-state index is 11.7. The molecule has 86 valence electrons. The van der Waals surface area contributed by atoms with Crippen LogP contribution in [0.2, 0.25) is 0 Å². The first-order chi connectivity index (χ1) is 7.58. The lowest BCUT2D eigenvalue weighted by atomic mass is 10.1. The van der Waals surface area contributed by atoms with Gasteiger partial charge in [0.05, 0.1) is 0 Å². The van der Waals surface area contributed by atoms with Crippen LogP contribution in [0.25, 0.3) is 0 Å². The third-order valence-electron chi connectivity index (χ3n) is 2.73. The molecule has 0 aromatic carbocycles. The molecule has 0 saturated carbocycles. The van der Waals surface area contributed by atoms with E-state index < -0.39 is 0 Å². The van der Waals surface area contributed by atoms with Gasteiger partial charge in [-0.2, -0.15) is 12.6 Å². The fraction of sp³-hybridized carbons (Fsp3) is 0.500. The van der Waals surface area contributed by atoms with Crippen molar-refractivity contribution in [1.82, 2.24) is 4.98 Å². The van der Waals surface area contributed by atoms with Crippen LogP contribution < -0.4 is 4.90 Å². The van der Waals surface area contributed by atoms with E-state index >= 15 is 0 Å². The van der Waals surface area contributed by atoms with Gasteiger partial charge < -0.3 is 0 Å². The average molecular weight is 236 g/mol. The van der Waals surface area contributed by atoms with E-state index in [1.165, 1.54) is 0 Å². The van der Waals surface area contributed by atoms with Crippen LogP contribution in [0.5, 0.6) is 0 Å². The SMILES string of the molecule is CC(C)c1cccc(N2CC(S)CC2=O)n1. The maximum Gasteiger partial charge on any atom is 0.229 e. The van der Waals surface area contributed by atoms with Crippen LogP contribution in [0.15, 0.2) is 18.2 Å². The molecule has 16 heavy (non-hydrogen) atoms. The Morgan fingerprint density at radius 1 is 1.50 bits per heavy atom. The van der Waals surface area contributed by atoms with Crippen LogP contribution in [0, 0.1) is 0 Å². The summed E-state index contributed by atoms with van der Waals surface area (Å²) in [4.78, 5) is 17.9. The van der Waals surface area contributed by atoms with Crippen LogP contribution >= 0.6 is 12.6 Å². The van der Waals surface area contributed by atoms with Gasteiger partial charge >= 0.3 is 0 Å². The molecule has 1 aromatic rings. The van der Waals surface area contributed by atoms with Crippen molar-refractivity contribution in [3.05, 3.63) is 23.9 Å². The molecule has 1 aromatic heterocycles. The first kappa shape index (κ1) is 11.5. The van der Waals surface area contributed by atoms with Gasteiger partial charge in [0.2, 0.25) is 5.91 Å². The Hall–Kier alpha value is -1.03. The zero-order chi connectivity index (χ0) is 11.7. The molecule has 1 aliphatic heterocycles. The Morgan fingerprint density at radius 2 is 2.25 bits per heavy atom. The molecule has 1 amide bonds. The summed E-state index contributed by atoms with van der Waals surface area (Å²) < 4.78 is 0. The quantitative estimate of drug-likeness (QED) is 0.799. The first-order valence-electron chi connectivity index (χ1n) is 5.53. The summed E-state index contributed by atoms with van der Waals surface area (Å²) in [6.07, 6.45) is 0.511. The highest BCUT2D eigenvalue weighted by Gasteiger charge is 2.29. The van der Waals surface area contributed by atoms with Crippen molar-refractivity contribution in [2.24, 2.45) is 0 Å². The number of carbonyl (C=O) groups is 1. The van der Waals surface area contributed by atoms with E-state index in [0.717, 1.165) is 11.5 Å². The van der Waals surface area contributed by atoms with E-state index in [2.05, 4.69) is 31.5 Å². The van der Waals surface area contributed by atoms with E-state index in [1.807, 2.05) is 18.2 Å². The minimum Gasteiger partial charge on any atom is -0.296 e. The van der Waals surface area contributed by atoms with Crippen molar-refractivity contribution in [1.29, 1.82) is 0 Å². The average Bonchev–Trinajstić information content (AvgIpc) is 2.58. The molecule has 2 heterocycles. The van der Waals surface area contributed by atoms with Crippen LogP contribution in [-0.2, 0) is 4.79 Å². The zero-order valence-corrected chi connectivity index (χ0v) is 10.4. The topological polar surface area (TPSA) is 33.2 Å². The van der Waals surface area contributed by atoms with Gasteiger partial charge in [-0.05, 0) is 18.1 Å². The number of nitrogens with zero attached hydrogens (tertiary/aromatic N) is 2. The lowest BCUT2D eigenvalue weighted by molar-refractivity contribution is -0.117. The summed E-state index contributed by atoms with van der Waals surface area (Å²) in [5, 5.41) is 0.136. The molecule has 1 saturated heterocycles. The van der Waals surface area contributed by atoms with Gasteiger partial charge in [-0.1, -0.05) is 19.9 Å². The number of thiol groups is 1. The van der Waals surface area contributed by atoms with Gasteiger partial charge in [0.15, 0.2) is 0 Å². The molecule has 1 aliphatic rings. The zero-order valence-electron chi connectivity index (χ0n) is 9.55. The number of pyridine rings is 1. The van der Waals surface area contributed by atoms with Crippen molar-refractivity contribution < 1.29 is 4.79 Å². The Labute approximate surface area is 101 Å². The number of rotatable bonds is 2. The van der Waals surface area contributed by atoms with Gasteiger partial charge in [-0.15, -0.1) is 0 Å². The third kappa shape index (κ3) is 2.21. The molecular formula is C12H16N2OS. The summed E-state index contributed by atoms with van der Waals surface area (Å²) >= 11 is 4.34. The Bertz CT molecular complexity index is 406. The van der Waals surface area contributed by atoms with Gasteiger partial charge in [0, 0.05) is 23.9 Å². The summed E-state index contributed by atoms with van der Waals surface area (Å²) in [6.45, 7) is 4.86. The minimum absolute atomic E-state index is 0.119. The molecule has 1 atom stereocenters. The third-order valence-corrected chi connectivity index (χ3v) is 3.07. The second-order valence-electron chi connectivity index (χ2n) is 4.44. The second-order valence-corrected chi connectivity index (χ2v) is 5.17. The summed E-state index contributed by atoms with van der Waals surface area (Å²) in [5.41, 5.74) is 1.02. The monoisotopic (exact) mass is 236 g/mol. The molecule has 3 nitrogen and oxygen atoms in total. The fourth-order valence-electron chi connectivity index (χ4n) is 1.82. The Kier molecular flexibility index (Phi) is 3.19. The number of carbonyl (C=O) groups excluding carboxylic acids is 1. The van der Waals surface area contributed by atoms with Crippen molar-refractivity contribution in [2.75, 3.05) is 11.4 Å². The Balaban J connectivity index is 2.27. The molecule has 0 N–H and O–H groups in total. The molecule has 0 aliphatic carbocycles. The molecule has 0 bridgehead atoms. The largest absolute Gasteiger partial charge is 0.296 e. The van der Waals surface area contributed by atoms with Crippen molar-refractivity contribution in [2.45, 2.75) is 31.4 Å². The predicted molar refractivity (Wildman–Crippen MR) is 68.1 cm³/mol. The number of amides is 1. The van der Waals surface area contributed by atoms with Crippen molar-refractivity contribution in [3.8, 4) is 0 Å². The lowest BCUT2D eigenvalue weighted by Crippen LogP contribution is -2.25. The highest BCUT2D eigenvalue weighted by molar-refractivity contribution is 7.81. The van der Waals surface area contributed by atoms with Gasteiger partial charge in [0.25, 0.3) is 0 Å². The minimum atomic E-state index is 0.119. The van der Waals surface area contributed by atoms with Gasteiger partial charge in [0.1, 0.15) is 5.82 Å². The van der Waals surface area contributed by atoms with E-state index in [-0.39, 0.29) is 11.2 Å². The van der Waals surface area contributed by atoms with E-state index in [9.17, 15) is 4.79 Å². The van der Waals surface area contributed by atoms with E-state index in [4.69, 9.17) is 0 Å². The highest BCUT2D eigenvalue weighted by atomic mass is 32.1. The van der Waals surface area contributed by atoms with Crippen molar-refractivity contribution >= 4 is 24.4 Å². The molecule has 0 spiro atoms. The second kappa shape index (κ2) is 4.45. The standard InChI is InChI=1S/C12H16N2OS/c1-8(2)10-4-3-5-11(13-10)14-7-9(16)6-12(14)15/h3-5,8-9,16H,6-7H2,1-2H3. The van der Waals surface area contributed by atoms with Crippen molar-refractivity contribution in [3.63, 3.8) is 0 Å². The smallest absolute Gasteiger partial charge is 0.229 e. The molecule has 1 fully saturated rings. The van der Waals surface area contributed by atoms with Gasteiger partial charge in [-0.25, -0.2) is 4.98 Å².